The van der Waals surface area contributed by atoms with Crippen molar-refractivity contribution >= 4 is 11.9 Å². The lowest BCUT2D eigenvalue weighted by Gasteiger charge is -2.04. The smallest absolute Gasteiger partial charge is 0.288 e. The summed E-state index contributed by atoms with van der Waals surface area (Å²) in [7, 11) is 1.60. The van der Waals surface area contributed by atoms with Crippen molar-refractivity contribution in [2.45, 2.75) is 6.54 Å². The Labute approximate surface area is 103 Å². The number of methoxy groups -OCH3 is 1. The van der Waals surface area contributed by atoms with Gasteiger partial charge in [0.05, 0.1) is 7.11 Å². The Bertz CT molecular complexity index is 535. The van der Waals surface area contributed by atoms with Crippen LogP contribution in [0.1, 0.15) is 16.2 Å². The van der Waals surface area contributed by atoms with Crippen LogP contribution in [0.15, 0.2) is 24.3 Å². The number of anilines is 1. The highest BCUT2D eigenvalue weighted by atomic mass is 16.5. The Morgan fingerprint density at radius 1 is 1.44 bits per heavy atom. The van der Waals surface area contributed by atoms with Crippen molar-refractivity contribution in [2.75, 3.05) is 12.8 Å². The van der Waals surface area contributed by atoms with Gasteiger partial charge in [-0.1, -0.05) is 12.1 Å². The fourth-order valence-electron chi connectivity index (χ4n) is 1.39. The maximum atomic E-state index is 11.6. The van der Waals surface area contributed by atoms with E-state index in [4.69, 9.17) is 10.5 Å². The van der Waals surface area contributed by atoms with Gasteiger partial charge in [0.2, 0.25) is 11.8 Å². The van der Waals surface area contributed by atoms with Crippen LogP contribution in [-0.2, 0) is 6.54 Å². The summed E-state index contributed by atoms with van der Waals surface area (Å²) in [6.07, 6.45) is 0. The molecule has 0 saturated heterocycles. The number of nitrogens with two attached hydrogens (primary N) is 1. The molecule has 0 aliphatic heterocycles. The Hall–Kier alpha value is -2.57. The monoisotopic (exact) mass is 247 g/mol. The zero-order chi connectivity index (χ0) is 13.0. The van der Waals surface area contributed by atoms with Crippen LogP contribution in [0.2, 0.25) is 0 Å². The second-order valence-electron chi connectivity index (χ2n) is 3.57. The first kappa shape index (κ1) is 11.9. The van der Waals surface area contributed by atoms with Crippen molar-refractivity contribution in [1.82, 2.24) is 20.5 Å². The highest BCUT2D eigenvalue weighted by molar-refractivity contribution is 5.90. The van der Waals surface area contributed by atoms with Crippen LogP contribution in [0.4, 0.5) is 5.95 Å². The Morgan fingerprint density at radius 2 is 2.17 bits per heavy atom. The van der Waals surface area contributed by atoms with E-state index in [1.165, 1.54) is 0 Å². The molecule has 0 aliphatic rings. The van der Waals surface area contributed by atoms with E-state index in [1.54, 1.807) is 7.11 Å². The van der Waals surface area contributed by atoms with Crippen molar-refractivity contribution in [2.24, 2.45) is 0 Å². The van der Waals surface area contributed by atoms with Gasteiger partial charge in [-0.05, 0) is 17.7 Å². The molecular weight excluding hydrogens is 234 g/mol. The van der Waals surface area contributed by atoms with E-state index >= 15 is 0 Å². The molecule has 4 N–H and O–H groups in total. The van der Waals surface area contributed by atoms with Gasteiger partial charge in [0, 0.05) is 6.54 Å². The highest BCUT2D eigenvalue weighted by Crippen LogP contribution is 2.10. The topological polar surface area (TPSA) is 106 Å². The summed E-state index contributed by atoms with van der Waals surface area (Å²) in [5.74, 6) is 0.564. The predicted molar refractivity (Wildman–Crippen MR) is 65.0 cm³/mol. The zero-order valence-corrected chi connectivity index (χ0v) is 9.80. The van der Waals surface area contributed by atoms with Gasteiger partial charge in [-0.3, -0.25) is 9.89 Å². The van der Waals surface area contributed by atoms with E-state index in [2.05, 4.69) is 20.5 Å². The number of rotatable bonds is 4. The van der Waals surface area contributed by atoms with Gasteiger partial charge in [0.25, 0.3) is 5.91 Å². The van der Waals surface area contributed by atoms with E-state index in [1.807, 2.05) is 24.3 Å². The van der Waals surface area contributed by atoms with Crippen molar-refractivity contribution in [1.29, 1.82) is 0 Å². The minimum atomic E-state index is -0.352. The first-order chi connectivity index (χ1) is 8.69. The number of hydrogen-bond donors (Lipinski definition) is 3. The molecule has 0 atom stereocenters. The molecule has 2 rings (SSSR count). The van der Waals surface area contributed by atoms with Gasteiger partial charge in [-0.2, -0.15) is 4.98 Å². The SMILES string of the molecule is COc1ccc(CNC(=O)c2nc(N)n[nH]2)cc1. The number of amides is 1. The quantitative estimate of drug-likeness (QED) is 0.721. The molecular formula is C11H13N5O2. The van der Waals surface area contributed by atoms with Crippen molar-refractivity contribution in [3.8, 4) is 5.75 Å². The summed E-state index contributed by atoms with van der Waals surface area (Å²) in [5.41, 5.74) is 6.26. The Morgan fingerprint density at radius 3 is 2.72 bits per heavy atom. The highest BCUT2D eigenvalue weighted by Gasteiger charge is 2.09. The first-order valence-electron chi connectivity index (χ1n) is 5.28. The van der Waals surface area contributed by atoms with Gasteiger partial charge in [0.1, 0.15) is 5.75 Å². The van der Waals surface area contributed by atoms with Crippen LogP contribution in [-0.4, -0.2) is 28.2 Å². The number of H-pyrrole nitrogens is 1. The minimum absolute atomic E-state index is 0.0459. The number of aromatic nitrogens is 3. The van der Waals surface area contributed by atoms with Gasteiger partial charge in [-0.25, -0.2) is 0 Å². The van der Waals surface area contributed by atoms with Crippen LogP contribution in [0, 0.1) is 0 Å². The standard InChI is InChI=1S/C11H13N5O2/c1-18-8-4-2-7(3-5-8)6-13-10(17)9-14-11(12)16-15-9/h2-5H,6H2,1H3,(H,13,17)(H3,12,14,15,16). The molecule has 0 radical (unpaired) electrons. The summed E-state index contributed by atoms with van der Waals surface area (Å²) in [6.45, 7) is 0.392. The first-order valence-corrected chi connectivity index (χ1v) is 5.28. The number of benzene rings is 1. The van der Waals surface area contributed by atoms with Gasteiger partial charge >= 0.3 is 0 Å². The van der Waals surface area contributed by atoms with Crippen LogP contribution >= 0.6 is 0 Å². The average Bonchev–Trinajstić information content (AvgIpc) is 2.83. The fourth-order valence-corrected chi connectivity index (χ4v) is 1.39. The number of aromatic amines is 1. The summed E-state index contributed by atoms with van der Waals surface area (Å²) in [5, 5.41) is 8.72. The predicted octanol–water partition coefficient (Wildman–Crippen LogP) is 0.325. The molecule has 1 amide bonds. The molecule has 1 heterocycles. The third-order valence-corrected chi connectivity index (χ3v) is 2.33. The van der Waals surface area contributed by atoms with E-state index in [0.29, 0.717) is 6.54 Å². The molecule has 1 aromatic heterocycles. The number of ether oxygens (including phenoxy) is 1. The van der Waals surface area contributed by atoms with E-state index in [9.17, 15) is 4.79 Å². The number of nitrogens with zero attached hydrogens (tertiary/aromatic N) is 2. The third-order valence-electron chi connectivity index (χ3n) is 2.33. The zero-order valence-electron chi connectivity index (χ0n) is 9.80. The summed E-state index contributed by atoms with van der Waals surface area (Å²) >= 11 is 0. The molecule has 0 spiro atoms. The average molecular weight is 247 g/mol. The van der Waals surface area contributed by atoms with Gasteiger partial charge in [0.15, 0.2) is 0 Å². The third kappa shape index (κ3) is 2.76. The molecule has 7 nitrogen and oxygen atoms in total. The maximum absolute atomic E-state index is 11.6. The lowest BCUT2D eigenvalue weighted by Crippen LogP contribution is -2.24. The second-order valence-corrected chi connectivity index (χ2v) is 3.57. The lowest BCUT2D eigenvalue weighted by molar-refractivity contribution is 0.0941. The second kappa shape index (κ2) is 5.17. The van der Waals surface area contributed by atoms with Crippen LogP contribution < -0.4 is 15.8 Å². The summed E-state index contributed by atoms with van der Waals surface area (Å²) in [6, 6.07) is 7.39. The van der Waals surface area contributed by atoms with Crippen LogP contribution in [0.3, 0.4) is 0 Å². The number of carbonyl (C=O) groups is 1. The van der Waals surface area contributed by atoms with Crippen molar-refractivity contribution in [3.63, 3.8) is 0 Å². The molecule has 0 saturated carbocycles. The van der Waals surface area contributed by atoms with Crippen molar-refractivity contribution < 1.29 is 9.53 Å². The molecule has 0 aliphatic carbocycles. The number of carbonyl (C=O) groups excluding carboxylic acids is 1. The Balaban J connectivity index is 1.92. The van der Waals surface area contributed by atoms with Crippen LogP contribution in [0.5, 0.6) is 5.75 Å². The Kier molecular flexibility index (Phi) is 3.42. The van der Waals surface area contributed by atoms with E-state index in [-0.39, 0.29) is 17.7 Å². The molecule has 2 aromatic rings. The fraction of sp³-hybridized carbons (Fsp3) is 0.182. The van der Waals surface area contributed by atoms with Crippen molar-refractivity contribution in [3.05, 3.63) is 35.7 Å². The van der Waals surface area contributed by atoms with Gasteiger partial charge < -0.3 is 15.8 Å². The normalized spacial score (nSPS) is 10.1. The lowest BCUT2D eigenvalue weighted by atomic mass is 10.2. The van der Waals surface area contributed by atoms with Gasteiger partial charge in [-0.15, -0.1) is 5.10 Å². The molecule has 7 heteroatoms. The van der Waals surface area contributed by atoms with Crippen LogP contribution in [0.25, 0.3) is 0 Å². The number of nitrogen functional groups attached to an aromatic ring is 1. The van der Waals surface area contributed by atoms with E-state index in [0.717, 1.165) is 11.3 Å². The number of nitrogens with one attached hydrogen (secondary N) is 2. The molecule has 0 fully saturated rings. The largest absolute Gasteiger partial charge is 0.497 e. The molecule has 0 unspecified atom stereocenters. The summed E-state index contributed by atoms with van der Waals surface area (Å²) < 4.78 is 5.04. The number of hydrogen-bond acceptors (Lipinski definition) is 5. The molecule has 94 valence electrons. The molecule has 0 bridgehead atoms. The minimum Gasteiger partial charge on any atom is -0.497 e. The molecule has 18 heavy (non-hydrogen) atoms. The maximum Gasteiger partial charge on any atom is 0.288 e. The summed E-state index contributed by atoms with van der Waals surface area (Å²) in [4.78, 5) is 15.4. The van der Waals surface area contributed by atoms with E-state index < -0.39 is 0 Å². The molecule has 1 aromatic carbocycles.